The Morgan fingerprint density at radius 3 is 0.928 bits per heavy atom. The first-order valence-corrected chi connectivity index (χ1v) is 27.3. The minimum absolute atomic E-state index is 0.136. The summed E-state index contributed by atoms with van der Waals surface area (Å²) in [4.78, 5) is 38.1. The number of allylic oxidation sites excluding steroid dienone is 24. The van der Waals surface area contributed by atoms with E-state index in [1.807, 2.05) is 0 Å². The molecule has 0 amide bonds. The van der Waals surface area contributed by atoms with Gasteiger partial charge in [-0.1, -0.05) is 199 Å². The van der Waals surface area contributed by atoms with Gasteiger partial charge < -0.3 is 14.2 Å². The van der Waals surface area contributed by atoms with Crippen LogP contribution in [0.4, 0.5) is 0 Å². The van der Waals surface area contributed by atoms with E-state index in [1.165, 1.54) is 51.4 Å². The van der Waals surface area contributed by atoms with Gasteiger partial charge in [-0.05, 0) is 141 Å². The van der Waals surface area contributed by atoms with Gasteiger partial charge in [0.2, 0.25) is 0 Å². The van der Waals surface area contributed by atoms with Crippen LogP contribution in [0.25, 0.3) is 0 Å². The third kappa shape index (κ3) is 54.1. The summed E-state index contributed by atoms with van der Waals surface area (Å²) in [5, 5.41) is 0. The molecule has 0 bridgehead atoms. The van der Waals surface area contributed by atoms with Crippen LogP contribution in [0.1, 0.15) is 213 Å². The van der Waals surface area contributed by atoms with E-state index in [-0.39, 0.29) is 38.0 Å². The molecule has 0 aliphatic carbocycles. The summed E-state index contributed by atoms with van der Waals surface area (Å²) in [5.41, 5.74) is 0. The fourth-order valence-electron chi connectivity index (χ4n) is 6.70. The van der Waals surface area contributed by atoms with Crippen molar-refractivity contribution in [1.82, 2.24) is 0 Å². The molecule has 0 radical (unpaired) electrons. The predicted molar refractivity (Wildman–Crippen MR) is 297 cm³/mol. The largest absolute Gasteiger partial charge is 0.462 e. The lowest BCUT2D eigenvalue weighted by atomic mass is 10.1. The highest BCUT2D eigenvalue weighted by atomic mass is 16.6. The maximum absolute atomic E-state index is 12.8. The summed E-state index contributed by atoms with van der Waals surface area (Å²) in [7, 11) is 0. The second-order valence-corrected chi connectivity index (χ2v) is 17.4. The summed E-state index contributed by atoms with van der Waals surface area (Å²) < 4.78 is 16.7. The normalized spacial score (nSPS) is 13.3. The SMILES string of the molecule is CC/C=C\C/C=C\C/C=C\C/C=C\C/C=C\CCCC(=O)O[C@H](COC(=O)CCCC/C=C\C/C=C\C/C=C\CCCCC)COC(=O)CCCCC/C=C\C/C=C\C/C=C\C/C=C\CCCCC. The van der Waals surface area contributed by atoms with Gasteiger partial charge in [0, 0.05) is 19.3 Å². The van der Waals surface area contributed by atoms with Crippen molar-refractivity contribution in [2.24, 2.45) is 0 Å². The van der Waals surface area contributed by atoms with Crippen molar-refractivity contribution in [3.8, 4) is 0 Å². The average molecular weight is 951 g/mol. The fraction of sp³-hybridized carbons (Fsp3) is 0.571. The molecule has 69 heavy (non-hydrogen) atoms. The molecule has 0 aromatic rings. The van der Waals surface area contributed by atoms with Crippen LogP contribution in [0.15, 0.2) is 146 Å². The smallest absolute Gasteiger partial charge is 0.306 e. The van der Waals surface area contributed by atoms with Gasteiger partial charge >= 0.3 is 17.9 Å². The lowest BCUT2D eigenvalue weighted by Gasteiger charge is -2.18. The molecule has 0 aromatic carbocycles. The van der Waals surface area contributed by atoms with E-state index in [0.717, 1.165) is 109 Å². The Labute approximate surface area is 423 Å². The van der Waals surface area contributed by atoms with Crippen LogP contribution in [0, 0.1) is 0 Å². The van der Waals surface area contributed by atoms with E-state index in [1.54, 1.807) is 0 Å². The van der Waals surface area contributed by atoms with E-state index in [2.05, 4.69) is 167 Å². The van der Waals surface area contributed by atoms with Crippen LogP contribution in [0.5, 0.6) is 0 Å². The topological polar surface area (TPSA) is 78.9 Å². The number of rotatable bonds is 47. The molecule has 0 unspecified atom stereocenters. The Kier molecular flexibility index (Phi) is 52.1. The Bertz CT molecular complexity index is 1560. The lowest BCUT2D eigenvalue weighted by molar-refractivity contribution is -0.167. The Balaban J connectivity index is 4.63. The Morgan fingerprint density at radius 1 is 0.304 bits per heavy atom. The number of hydrogen-bond donors (Lipinski definition) is 0. The highest BCUT2D eigenvalue weighted by molar-refractivity contribution is 5.71. The molecular weight excluding hydrogens is 853 g/mol. The first-order chi connectivity index (χ1) is 34.0. The highest BCUT2D eigenvalue weighted by Crippen LogP contribution is 2.10. The third-order valence-electron chi connectivity index (χ3n) is 10.8. The van der Waals surface area contributed by atoms with Crippen molar-refractivity contribution in [3.05, 3.63) is 146 Å². The number of esters is 3. The highest BCUT2D eigenvalue weighted by Gasteiger charge is 2.19. The standard InChI is InChI=1S/C63H98O6/c1-4-7-10-13-16-19-22-25-28-30-31-33-35-38-41-44-47-50-53-56-62(65)68-59-60(58-67-61(64)55-52-49-46-43-40-37-34-27-24-21-18-15-12-9-6-3)69-63(66)57-54-51-48-45-42-39-36-32-29-26-23-20-17-14-11-8-5-2/h8,11,16-21,25-29,31,33-34,36,38-41,43,45,48,60H,4-7,9-10,12-15,22-24,30,32,35,37,42,44,46-47,49-59H2,1-3H3/b11-8-,19-16-,20-17-,21-18-,28-25-,29-26-,33-31-,34-27-,39-36-,41-38-,43-40-,48-45-/t60-/m1/s1. The number of carbonyl (C=O) groups is 3. The van der Waals surface area contributed by atoms with E-state index in [0.29, 0.717) is 19.3 Å². The number of ether oxygens (including phenoxy) is 3. The summed E-state index contributed by atoms with van der Waals surface area (Å²) >= 11 is 0. The summed E-state index contributed by atoms with van der Waals surface area (Å²) in [5.74, 6) is -1.07. The Hall–Kier alpha value is -4.71. The van der Waals surface area contributed by atoms with Crippen molar-refractivity contribution in [2.75, 3.05) is 13.2 Å². The van der Waals surface area contributed by atoms with Crippen LogP contribution < -0.4 is 0 Å². The number of unbranched alkanes of at least 4 members (excludes halogenated alkanes) is 12. The van der Waals surface area contributed by atoms with Crippen molar-refractivity contribution >= 4 is 17.9 Å². The minimum atomic E-state index is -0.843. The minimum Gasteiger partial charge on any atom is -0.462 e. The van der Waals surface area contributed by atoms with Crippen molar-refractivity contribution in [2.45, 2.75) is 219 Å². The quantitative estimate of drug-likeness (QED) is 0.0262. The second kappa shape index (κ2) is 55.9. The van der Waals surface area contributed by atoms with Crippen LogP contribution in [0.2, 0.25) is 0 Å². The van der Waals surface area contributed by atoms with Crippen LogP contribution in [-0.2, 0) is 28.6 Å². The van der Waals surface area contributed by atoms with Gasteiger partial charge in [0.15, 0.2) is 6.10 Å². The van der Waals surface area contributed by atoms with Crippen molar-refractivity contribution < 1.29 is 28.6 Å². The van der Waals surface area contributed by atoms with Gasteiger partial charge in [0.05, 0.1) is 0 Å². The predicted octanol–water partition coefficient (Wildman–Crippen LogP) is 18.4. The van der Waals surface area contributed by atoms with Crippen LogP contribution in [0.3, 0.4) is 0 Å². The van der Waals surface area contributed by atoms with Gasteiger partial charge in [-0.15, -0.1) is 0 Å². The average Bonchev–Trinajstić information content (AvgIpc) is 3.35. The molecule has 0 fully saturated rings. The second-order valence-electron chi connectivity index (χ2n) is 17.4. The molecule has 0 spiro atoms. The molecule has 0 aliphatic rings. The third-order valence-corrected chi connectivity index (χ3v) is 10.8. The molecule has 1 atom stereocenters. The van der Waals surface area contributed by atoms with Gasteiger partial charge in [0.1, 0.15) is 13.2 Å². The molecule has 6 nitrogen and oxygen atoms in total. The molecular formula is C63H98O6. The zero-order chi connectivity index (χ0) is 50.0. The number of carbonyl (C=O) groups excluding carboxylic acids is 3. The molecule has 0 aliphatic heterocycles. The monoisotopic (exact) mass is 951 g/mol. The Morgan fingerprint density at radius 2 is 0.580 bits per heavy atom. The summed E-state index contributed by atoms with van der Waals surface area (Å²) in [6, 6.07) is 0. The first kappa shape index (κ1) is 64.3. The van der Waals surface area contributed by atoms with Gasteiger partial charge in [-0.2, -0.15) is 0 Å². The van der Waals surface area contributed by atoms with Gasteiger partial charge in [-0.25, -0.2) is 0 Å². The first-order valence-electron chi connectivity index (χ1n) is 27.3. The van der Waals surface area contributed by atoms with E-state index >= 15 is 0 Å². The van der Waals surface area contributed by atoms with Crippen LogP contribution in [-0.4, -0.2) is 37.2 Å². The van der Waals surface area contributed by atoms with Crippen molar-refractivity contribution in [1.29, 1.82) is 0 Å². The van der Waals surface area contributed by atoms with Gasteiger partial charge in [-0.3, -0.25) is 14.4 Å². The summed E-state index contributed by atoms with van der Waals surface area (Å²) in [6.45, 7) is 6.34. The van der Waals surface area contributed by atoms with Gasteiger partial charge in [0.25, 0.3) is 0 Å². The molecule has 6 heteroatoms. The van der Waals surface area contributed by atoms with Crippen LogP contribution >= 0.6 is 0 Å². The molecule has 0 heterocycles. The lowest BCUT2D eigenvalue weighted by Crippen LogP contribution is -2.30. The molecule has 0 saturated carbocycles. The maximum atomic E-state index is 12.8. The fourth-order valence-corrected chi connectivity index (χ4v) is 6.70. The zero-order valence-electron chi connectivity index (χ0n) is 44.0. The maximum Gasteiger partial charge on any atom is 0.306 e. The van der Waals surface area contributed by atoms with E-state index in [9.17, 15) is 14.4 Å². The van der Waals surface area contributed by atoms with E-state index in [4.69, 9.17) is 14.2 Å². The zero-order valence-corrected chi connectivity index (χ0v) is 44.0. The molecule has 0 aromatic heterocycles. The molecule has 0 rings (SSSR count). The number of hydrogen-bond acceptors (Lipinski definition) is 6. The van der Waals surface area contributed by atoms with Crippen molar-refractivity contribution in [3.63, 3.8) is 0 Å². The molecule has 0 N–H and O–H groups in total. The molecule has 0 saturated heterocycles. The summed E-state index contributed by atoms with van der Waals surface area (Å²) in [6.07, 6.45) is 79.8. The van der Waals surface area contributed by atoms with E-state index < -0.39 is 12.1 Å². The molecule has 386 valence electrons.